The van der Waals surface area contributed by atoms with Gasteiger partial charge in [-0.25, -0.2) is 4.39 Å². The molecular formula is C10H10BrClFN. The van der Waals surface area contributed by atoms with E-state index in [2.05, 4.69) is 21.2 Å². The summed E-state index contributed by atoms with van der Waals surface area (Å²) in [5.41, 5.74) is 0.987. The standard InChI is InChI=1S/C10H10BrClFN/c11-10-8(12)3-7(4-9(10)13)6-1-2-14-5-6/h3-4,6,14H,1-2,5H2. The molecule has 1 aromatic carbocycles. The fourth-order valence-corrected chi connectivity index (χ4v) is 2.20. The van der Waals surface area contributed by atoms with Gasteiger partial charge in [0.05, 0.1) is 9.50 Å². The van der Waals surface area contributed by atoms with Gasteiger partial charge in [0, 0.05) is 6.54 Å². The number of benzene rings is 1. The first-order chi connectivity index (χ1) is 6.68. The number of nitrogens with one attached hydrogen (secondary N) is 1. The highest BCUT2D eigenvalue weighted by Gasteiger charge is 2.18. The van der Waals surface area contributed by atoms with Crippen LogP contribution >= 0.6 is 27.5 Å². The lowest BCUT2D eigenvalue weighted by Gasteiger charge is -2.10. The van der Waals surface area contributed by atoms with Gasteiger partial charge in [-0.2, -0.15) is 0 Å². The molecule has 1 N–H and O–H groups in total. The van der Waals surface area contributed by atoms with Gasteiger partial charge in [0.25, 0.3) is 0 Å². The van der Waals surface area contributed by atoms with Gasteiger partial charge in [-0.3, -0.25) is 0 Å². The summed E-state index contributed by atoms with van der Waals surface area (Å²) < 4.78 is 13.7. The maximum Gasteiger partial charge on any atom is 0.139 e. The van der Waals surface area contributed by atoms with Crippen LogP contribution in [0.15, 0.2) is 16.6 Å². The monoisotopic (exact) mass is 277 g/mol. The fourth-order valence-electron chi connectivity index (χ4n) is 1.75. The minimum atomic E-state index is -0.278. The van der Waals surface area contributed by atoms with E-state index < -0.39 is 0 Å². The van der Waals surface area contributed by atoms with Crippen LogP contribution < -0.4 is 5.32 Å². The fraction of sp³-hybridized carbons (Fsp3) is 0.400. The van der Waals surface area contributed by atoms with Crippen molar-refractivity contribution in [1.29, 1.82) is 0 Å². The van der Waals surface area contributed by atoms with E-state index in [-0.39, 0.29) is 5.82 Å². The van der Waals surface area contributed by atoms with Gasteiger partial charge in [0.15, 0.2) is 0 Å². The average molecular weight is 279 g/mol. The second kappa shape index (κ2) is 4.17. The molecule has 0 bridgehead atoms. The SMILES string of the molecule is Fc1cc(C2CCNC2)cc(Cl)c1Br. The minimum absolute atomic E-state index is 0.278. The first kappa shape index (κ1) is 10.4. The topological polar surface area (TPSA) is 12.0 Å². The predicted octanol–water partition coefficient (Wildman–Crippen LogP) is 3.32. The molecular weight excluding hydrogens is 268 g/mol. The highest BCUT2D eigenvalue weighted by Crippen LogP contribution is 2.31. The van der Waals surface area contributed by atoms with Gasteiger partial charge in [-0.15, -0.1) is 0 Å². The summed E-state index contributed by atoms with van der Waals surface area (Å²) >= 11 is 8.99. The summed E-state index contributed by atoms with van der Waals surface area (Å²) in [6.45, 7) is 1.91. The second-order valence-corrected chi connectivity index (χ2v) is 4.69. The molecule has 1 nitrogen and oxygen atoms in total. The lowest BCUT2D eigenvalue weighted by atomic mass is 9.98. The van der Waals surface area contributed by atoms with Gasteiger partial charge in [0.1, 0.15) is 5.82 Å². The van der Waals surface area contributed by atoms with Crippen molar-refractivity contribution in [2.45, 2.75) is 12.3 Å². The van der Waals surface area contributed by atoms with Crippen LogP contribution in [0.1, 0.15) is 17.9 Å². The molecule has 0 saturated carbocycles. The summed E-state index contributed by atoms with van der Waals surface area (Å²) in [5, 5.41) is 3.70. The molecule has 1 aromatic rings. The van der Waals surface area contributed by atoms with Crippen LogP contribution in [0, 0.1) is 5.82 Å². The molecule has 1 unspecified atom stereocenters. The van der Waals surface area contributed by atoms with Crippen molar-refractivity contribution >= 4 is 27.5 Å². The maximum atomic E-state index is 13.3. The van der Waals surface area contributed by atoms with Crippen molar-refractivity contribution in [3.8, 4) is 0 Å². The van der Waals surface area contributed by atoms with Crippen LogP contribution in [-0.4, -0.2) is 13.1 Å². The van der Waals surface area contributed by atoms with E-state index in [0.29, 0.717) is 15.4 Å². The van der Waals surface area contributed by atoms with E-state index in [1.807, 2.05) is 6.07 Å². The van der Waals surface area contributed by atoms with Gasteiger partial charge in [-0.05, 0) is 52.5 Å². The Morgan fingerprint density at radius 3 is 2.86 bits per heavy atom. The van der Waals surface area contributed by atoms with Crippen molar-refractivity contribution in [3.05, 3.63) is 33.0 Å². The molecule has 1 heterocycles. The first-order valence-corrected chi connectivity index (χ1v) is 5.70. The lowest BCUT2D eigenvalue weighted by Crippen LogP contribution is -2.08. The van der Waals surface area contributed by atoms with Gasteiger partial charge in [0.2, 0.25) is 0 Å². The molecule has 76 valence electrons. The third-order valence-electron chi connectivity index (χ3n) is 2.54. The number of halogens is 3. The van der Waals surface area contributed by atoms with E-state index in [1.165, 1.54) is 0 Å². The van der Waals surface area contributed by atoms with Gasteiger partial charge < -0.3 is 5.32 Å². The minimum Gasteiger partial charge on any atom is -0.316 e. The van der Waals surface area contributed by atoms with Crippen LogP contribution in [0.4, 0.5) is 4.39 Å². The highest BCUT2D eigenvalue weighted by molar-refractivity contribution is 9.10. The van der Waals surface area contributed by atoms with Gasteiger partial charge >= 0.3 is 0 Å². The van der Waals surface area contributed by atoms with Crippen molar-refractivity contribution in [3.63, 3.8) is 0 Å². The third-order valence-corrected chi connectivity index (χ3v) is 3.87. The predicted molar refractivity (Wildman–Crippen MR) is 59.3 cm³/mol. The largest absolute Gasteiger partial charge is 0.316 e. The number of hydrogen-bond acceptors (Lipinski definition) is 1. The van der Waals surface area contributed by atoms with E-state index in [0.717, 1.165) is 25.1 Å². The molecule has 1 aliphatic heterocycles. The molecule has 4 heteroatoms. The Bertz CT molecular complexity index is 327. The summed E-state index contributed by atoms with van der Waals surface area (Å²) in [6.07, 6.45) is 1.05. The second-order valence-electron chi connectivity index (χ2n) is 3.49. The van der Waals surface area contributed by atoms with Crippen molar-refractivity contribution in [1.82, 2.24) is 5.32 Å². The Labute approximate surface area is 95.8 Å². The molecule has 0 radical (unpaired) electrons. The zero-order valence-electron chi connectivity index (χ0n) is 7.49. The van der Waals surface area contributed by atoms with Crippen molar-refractivity contribution in [2.75, 3.05) is 13.1 Å². The van der Waals surface area contributed by atoms with E-state index in [9.17, 15) is 4.39 Å². The summed E-state index contributed by atoms with van der Waals surface area (Å²) in [4.78, 5) is 0. The van der Waals surface area contributed by atoms with Crippen LogP contribution in [0.5, 0.6) is 0 Å². The molecule has 1 aliphatic rings. The zero-order valence-corrected chi connectivity index (χ0v) is 9.83. The van der Waals surface area contributed by atoms with E-state index in [1.54, 1.807) is 6.07 Å². The molecule has 2 rings (SSSR count). The third kappa shape index (κ3) is 1.95. The van der Waals surface area contributed by atoms with Crippen LogP contribution in [0.2, 0.25) is 5.02 Å². The lowest BCUT2D eigenvalue weighted by molar-refractivity contribution is 0.614. The Hall–Kier alpha value is -0.120. The smallest absolute Gasteiger partial charge is 0.139 e. The summed E-state index contributed by atoms with van der Waals surface area (Å²) in [7, 11) is 0. The van der Waals surface area contributed by atoms with Crippen LogP contribution in [0.3, 0.4) is 0 Å². The Balaban J connectivity index is 2.34. The van der Waals surface area contributed by atoms with Crippen LogP contribution in [0.25, 0.3) is 0 Å². The number of hydrogen-bond donors (Lipinski definition) is 1. The van der Waals surface area contributed by atoms with Crippen molar-refractivity contribution < 1.29 is 4.39 Å². The number of rotatable bonds is 1. The van der Waals surface area contributed by atoms with Crippen molar-refractivity contribution in [2.24, 2.45) is 0 Å². The molecule has 1 fully saturated rings. The summed E-state index contributed by atoms with van der Waals surface area (Å²) in [6, 6.07) is 3.40. The molecule has 1 atom stereocenters. The van der Waals surface area contributed by atoms with Crippen LogP contribution in [-0.2, 0) is 0 Å². The molecule has 1 saturated heterocycles. The Morgan fingerprint density at radius 2 is 2.29 bits per heavy atom. The Kier molecular flexibility index (Phi) is 3.10. The molecule has 0 aromatic heterocycles. The maximum absolute atomic E-state index is 13.3. The quantitative estimate of drug-likeness (QED) is 0.777. The zero-order chi connectivity index (χ0) is 10.1. The highest BCUT2D eigenvalue weighted by atomic mass is 79.9. The molecule has 14 heavy (non-hydrogen) atoms. The van der Waals surface area contributed by atoms with Gasteiger partial charge in [-0.1, -0.05) is 11.6 Å². The summed E-state index contributed by atoms with van der Waals surface area (Å²) in [5.74, 6) is 0.120. The Morgan fingerprint density at radius 1 is 1.50 bits per heavy atom. The first-order valence-electron chi connectivity index (χ1n) is 4.53. The average Bonchev–Trinajstić information content (AvgIpc) is 2.66. The molecule has 0 aliphatic carbocycles. The molecule has 0 amide bonds. The molecule has 0 spiro atoms. The van der Waals surface area contributed by atoms with E-state index >= 15 is 0 Å². The van der Waals surface area contributed by atoms with E-state index in [4.69, 9.17) is 11.6 Å². The normalized spacial score (nSPS) is 21.5.